The number of hydrogen-bond acceptors (Lipinski definition) is 5. The Morgan fingerprint density at radius 1 is 1.37 bits per heavy atom. The van der Waals surface area contributed by atoms with E-state index in [0.717, 1.165) is 11.8 Å². The molecule has 0 aliphatic rings. The van der Waals surface area contributed by atoms with Crippen LogP contribution in [0.25, 0.3) is 0 Å². The van der Waals surface area contributed by atoms with Crippen molar-refractivity contribution in [3.8, 4) is 0 Å². The fourth-order valence-corrected chi connectivity index (χ4v) is 1.63. The number of anilines is 2. The molecular weight excluding hydrogens is 245 g/mol. The van der Waals surface area contributed by atoms with Crippen molar-refractivity contribution in [2.45, 2.75) is 19.9 Å². The van der Waals surface area contributed by atoms with Gasteiger partial charge in [-0.2, -0.15) is 4.98 Å². The maximum atomic E-state index is 13.7. The summed E-state index contributed by atoms with van der Waals surface area (Å²) in [4.78, 5) is 12.0. The molecule has 0 bridgehead atoms. The van der Waals surface area contributed by atoms with E-state index in [9.17, 15) is 4.39 Å². The molecule has 0 aliphatic heterocycles. The lowest BCUT2D eigenvalue weighted by atomic mass is 10.1. The molecule has 1 atom stereocenters. The van der Waals surface area contributed by atoms with E-state index < -0.39 is 5.82 Å². The molecule has 6 heteroatoms. The largest absolute Gasteiger partial charge is 0.361 e. The molecule has 100 valence electrons. The molecule has 0 aliphatic carbocycles. The van der Waals surface area contributed by atoms with Crippen molar-refractivity contribution >= 4 is 11.8 Å². The number of pyridine rings is 1. The second kappa shape index (κ2) is 6.08. The normalized spacial score (nSPS) is 11.9. The van der Waals surface area contributed by atoms with Gasteiger partial charge in [-0.1, -0.05) is 6.07 Å². The summed E-state index contributed by atoms with van der Waals surface area (Å²) in [5.41, 5.74) is 0.963. The molecule has 2 N–H and O–H groups in total. The lowest BCUT2D eigenvalue weighted by Crippen LogP contribution is -2.12. The van der Waals surface area contributed by atoms with Gasteiger partial charge in [0.25, 0.3) is 0 Å². The minimum Gasteiger partial charge on any atom is -0.361 e. The Bertz CT molecular complexity index is 532. The lowest BCUT2D eigenvalue weighted by molar-refractivity contribution is 0.614. The lowest BCUT2D eigenvalue weighted by Gasteiger charge is -2.15. The van der Waals surface area contributed by atoms with Crippen LogP contribution in [-0.2, 0) is 0 Å². The highest BCUT2D eigenvalue weighted by atomic mass is 19.1. The van der Waals surface area contributed by atoms with E-state index in [1.54, 1.807) is 12.4 Å². The number of hydrogen-bond donors (Lipinski definition) is 2. The molecule has 0 fully saturated rings. The minimum absolute atomic E-state index is 0.0902. The number of halogens is 1. The molecule has 0 saturated carbocycles. The summed E-state index contributed by atoms with van der Waals surface area (Å²) in [6, 6.07) is 3.68. The van der Waals surface area contributed by atoms with E-state index >= 15 is 0 Å². The summed E-state index contributed by atoms with van der Waals surface area (Å²) in [6.45, 7) is 4.53. The SMILES string of the molecule is CCNc1ncc(F)c(NC(C)c2cccnc2)n1. The third-order valence-corrected chi connectivity index (χ3v) is 2.62. The molecule has 5 nitrogen and oxygen atoms in total. The van der Waals surface area contributed by atoms with Crippen molar-refractivity contribution in [1.82, 2.24) is 15.0 Å². The van der Waals surface area contributed by atoms with E-state index in [-0.39, 0.29) is 11.9 Å². The van der Waals surface area contributed by atoms with Crippen LogP contribution < -0.4 is 10.6 Å². The average Bonchev–Trinajstić information content (AvgIpc) is 2.44. The summed E-state index contributed by atoms with van der Waals surface area (Å²) in [5.74, 6) is 0.115. The monoisotopic (exact) mass is 261 g/mol. The minimum atomic E-state index is -0.475. The number of nitrogens with one attached hydrogen (secondary N) is 2. The van der Waals surface area contributed by atoms with Crippen LogP contribution >= 0.6 is 0 Å². The standard InChI is InChI=1S/C13H16FN5/c1-3-16-13-17-8-11(14)12(19-13)18-9(2)10-5-4-6-15-7-10/h4-9H,3H2,1-2H3,(H2,16,17,18,19). The van der Waals surface area contributed by atoms with Gasteiger partial charge < -0.3 is 10.6 Å². The van der Waals surface area contributed by atoms with Crippen LogP contribution in [0.15, 0.2) is 30.7 Å². The molecule has 1 unspecified atom stereocenters. The maximum Gasteiger partial charge on any atom is 0.224 e. The zero-order chi connectivity index (χ0) is 13.7. The van der Waals surface area contributed by atoms with Crippen LogP contribution in [0, 0.1) is 5.82 Å². The molecule has 0 spiro atoms. The highest BCUT2D eigenvalue weighted by molar-refractivity contribution is 5.43. The van der Waals surface area contributed by atoms with Crippen LogP contribution in [0.2, 0.25) is 0 Å². The predicted octanol–water partition coefficient (Wildman–Crippen LogP) is 2.62. The molecule has 0 amide bonds. The van der Waals surface area contributed by atoms with Gasteiger partial charge in [0.05, 0.1) is 12.2 Å². The Morgan fingerprint density at radius 3 is 2.89 bits per heavy atom. The van der Waals surface area contributed by atoms with E-state index in [2.05, 4.69) is 25.6 Å². The quantitative estimate of drug-likeness (QED) is 0.866. The molecule has 0 saturated heterocycles. The predicted molar refractivity (Wildman–Crippen MR) is 72.4 cm³/mol. The smallest absolute Gasteiger partial charge is 0.224 e. The first kappa shape index (κ1) is 13.2. The van der Waals surface area contributed by atoms with Crippen LogP contribution in [0.4, 0.5) is 16.2 Å². The van der Waals surface area contributed by atoms with Crippen LogP contribution in [-0.4, -0.2) is 21.5 Å². The first-order valence-corrected chi connectivity index (χ1v) is 6.13. The van der Waals surface area contributed by atoms with Crippen molar-refractivity contribution < 1.29 is 4.39 Å². The Morgan fingerprint density at radius 2 is 2.21 bits per heavy atom. The number of rotatable bonds is 5. The molecule has 0 radical (unpaired) electrons. The summed E-state index contributed by atoms with van der Waals surface area (Å²) in [6.07, 6.45) is 4.59. The summed E-state index contributed by atoms with van der Waals surface area (Å²) < 4.78 is 13.7. The van der Waals surface area contributed by atoms with Gasteiger partial charge in [0, 0.05) is 18.9 Å². The molecule has 2 rings (SSSR count). The van der Waals surface area contributed by atoms with Crippen molar-refractivity contribution in [2.75, 3.05) is 17.2 Å². The molecule has 2 heterocycles. The molecule has 19 heavy (non-hydrogen) atoms. The van der Waals surface area contributed by atoms with E-state index in [1.807, 2.05) is 26.0 Å². The van der Waals surface area contributed by atoms with Gasteiger partial charge >= 0.3 is 0 Å². The highest BCUT2D eigenvalue weighted by Crippen LogP contribution is 2.19. The van der Waals surface area contributed by atoms with Gasteiger partial charge in [-0.15, -0.1) is 0 Å². The van der Waals surface area contributed by atoms with Gasteiger partial charge in [0.15, 0.2) is 11.6 Å². The second-order valence-corrected chi connectivity index (χ2v) is 4.07. The number of nitrogens with zero attached hydrogens (tertiary/aromatic N) is 3. The van der Waals surface area contributed by atoms with Gasteiger partial charge in [0.2, 0.25) is 5.95 Å². The Hall–Kier alpha value is -2.24. The van der Waals surface area contributed by atoms with Crippen molar-refractivity contribution in [3.05, 3.63) is 42.1 Å². The fraction of sp³-hybridized carbons (Fsp3) is 0.308. The van der Waals surface area contributed by atoms with E-state index in [0.29, 0.717) is 12.5 Å². The summed E-state index contributed by atoms with van der Waals surface area (Å²) in [5, 5.41) is 5.97. The Labute approximate surface area is 111 Å². The van der Waals surface area contributed by atoms with Crippen molar-refractivity contribution in [3.63, 3.8) is 0 Å². The first-order valence-electron chi connectivity index (χ1n) is 6.13. The summed E-state index contributed by atoms with van der Waals surface area (Å²) in [7, 11) is 0. The molecular formula is C13H16FN5. The van der Waals surface area contributed by atoms with Crippen LogP contribution in [0.5, 0.6) is 0 Å². The Balaban J connectivity index is 2.16. The fourth-order valence-electron chi connectivity index (χ4n) is 1.63. The third-order valence-electron chi connectivity index (χ3n) is 2.62. The van der Waals surface area contributed by atoms with Crippen molar-refractivity contribution in [1.29, 1.82) is 0 Å². The zero-order valence-electron chi connectivity index (χ0n) is 10.9. The van der Waals surface area contributed by atoms with Crippen LogP contribution in [0.3, 0.4) is 0 Å². The van der Waals surface area contributed by atoms with Gasteiger partial charge in [-0.25, -0.2) is 9.37 Å². The van der Waals surface area contributed by atoms with E-state index in [4.69, 9.17) is 0 Å². The van der Waals surface area contributed by atoms with Crippen LogP contribution in [0.1, 0.15) is 25.5 Å². The number of aromatic nitrogens is 3. The molecule has 2 aromatic rings. The van der Waals surface area contributed by atoms with Gasteiger partial charge in [-0.3, -0.25) is 4.98 Å². The summed E-state index contributed by atoms with van der Waals surface area (Å²) >= 11 is 0. The first-order chi connectivity index (χ1) is 9.20. The van der Waals surface area contributed by atoms with E-state index in [1.165, 1.54) is 0 Å². The van der Waals surface area contributed by atoms with Crippen molar-refractivity contribution in [2.24, 2.45) is 0 Å². The molecule has 0 aromatic carbocycles. The highest BCUT2D eigenvalue weighted by Gasteiger charge is 2.11. The Kier molecular flexibility index (Phi) is 4.22. The average molecular weight is 261 g/mol. The zero-order valence-corrected chi connectivity index (χ0v) is 10.9. The van der Waals surface area contributed by atoms with Gasteiger partial charge in [0.1, 0.15) is 0 Å². The maximum absolute atomic E-state index is 13.7. The second-order valence-electron chi connectivity index (χ2n) is 4.07. The topological polar surface area (TPSA) is 62.7 Å². The third kappa shape index (κ3) is 3.37. The molecule has 2 aromatic heterocycles. The van der Waals surface area contributed by atoms with Gasteiger partial charge in [-0.05, 0) is 25.5 Å².